The van der Waals surface area contributed by atoms with E-state index in [0.717, 1.165) is 31.5 Å². The summed E-state index contributed by atoms with van der Waals surface area (Å²) in [6, 6.07) is 7.91. The van der Waals surface area contributed by atoms with Crippen molar-refractivity contribution in [2.45, 2.75) is 31.3 Å². The first-order chi connectivity index (χ1) is 18.0. The number of benzene rings is 1. The molecule has 1 aromatic carbocycles. The number of quaternary nitrogens is 1. The molecular formula is C24H32Cl3N9O4. The number of carbonyl (C=O) groups excluding carboxylic acids is 2. The van der Waals surface area contributed by atoms with Crippen LogP contribution in [0.3, 0.4) is 0 Å². The fourth-order valence-electron chi connectivity index (χ4n) is 5.21. The molecular weight excluding hydrogens is 585 g/mol. The van der Waals surface area contributed by atoms with Gasteiger partial charge in [-0.2, -0.15) is 0 Å². The van der Waals surface area contributed by atoms with E-state index in [9.17, 15) is 19.5 Å². The Kier molecular flexibility index (Phi) is 11.3. The summed E-state index contributed by atoms with van der Waals surface area (Å²) in [5, 5.41) is 14.6. The van der Waals surface area contributed by atoms with Crippen LogP contribution >= 0.6 is 24.0 Å². The molecule has 1 aromatic heterocycles. The first-order valence-corrected chi connectivity index (χ1v) is 12.6. The number of carboxylic acid groups (broad SMARTS) is 1. The maximum Gasteiger partial charge on any atom is 0.326 e. The molecule has 40 heavy (non-hydrogen) atoms. The monoisotopic (exact) mass is 615 g/mol. The normalized spacial score (nSPS) is 22.3. The van der Waals surface area contributed by atoms with Gasteiger partial charge in [-0.15, -0.1) is 12.4 Å². The molecule has 2 amide bonds. The Labute approximate surface area is 248 Å². The van der Waals surface area contributed by atoms with Gasteiger partial charge in [-0.25, -0.2) is 19.8 Å². The van der Waals surface area contributed by atoms with Crippen molar-refractivity contribution in [1.82, 2.24) is 20.6 Å². The number of hydrogen-bond donors (Lipinski definition) is 6. The molecule has 2 bridgehead atoms. The Hall–Kier alpha value is -3.39. The third kappa shape index (κ3) is 7.84. The number of aliphatic imine (C=N–C) groups is 1. The number of aliphatic carboxylic acids is 1. The minimum atomic E-state index is -1.08. The van der Waals surface area contributed by atoms with Crippen LogP contribution in [0.5, 0.6) is 0 Å². The van der Waals surface area contributed by atoms with Crippen LogP contribution in [0.2, 0.25) is 5.15 Å². The molecule has 2 aromatic rings. The highest BCUT2D eigenvalue weighted by Crippen LogP contribution is 2.35. The zero-order valence-electron chi connectivity index (χ0n) is 21.4. The average molecular weight is 617 g/mol. The van der Waals surface area contributed by atoms with Crippen LogP contribution in [0.4, 0.5) is 11.6 Å². The maximum absolute atomic E-state index is 13.0. The first kappa shape index (κ1) is 32.8. The maximum atomic E-state index is 13.0. The van der Waals surface area contributed by atoms with E-state index in [2.05, 4.69) is 25.6 Å². The largest absolute Gasteiger partial charge is 1.00 e. The van der Waals surface area contributed by atoms with E-state index in [0.29, 0.717) is 11.0 Å². The number of carbonyl (C=O) groups is 3. The van der Waals surface area contributed by atoms with Gasteiger partial charge in [0.2, 0.25) is 0 Å². The summed E-state index contributed by atoms with van der Waals surface area (Å²) in [6.07, 6.45) is 1.86. The number of hydrogen-bond acceptors (Lipinski definition) is 8. The number of halogens is 3. The van der Waals surface area contributed by atoms with Crippen LogP contribution in [0.15, 0.2) is 35.3 Å². The van der Waals surface area contributed by atoms with E-state index in [1.165, 1.54) is 0 Å². The smallest absolute Gasteiger partial charge is 0.326 e. The molecule has 13 nitrogen and oxygen atoms in total. The van der Waals surface area contributed by atoms with Crippen LogP contribution in [-0.4, -0.2) is 81.6 Å². The summed E-state index contributed by atoms with van der Waals surface area (Å²) >= 11 is 5.85. The lowest BCUT2D eigenvalue weighted by atomic mass is 9.82. The molecule has 3 saturated heterocycles. The van der Waals surface area contributed by atoms with Gasteiger partial charge in [-0.1, -0.05) is 41.9 Å². The number of rotatable bonds is 8. The second-order valence-corrected chi connectivity index (χ2v) is 10.1. The van der Waals surface area contributed by atoms with Crippen molar-refractivity contribution in [2.24, 2.45) is 16.6 Å². The molecule has 0 aliphatic carbocycles. The molecule has 9 N–H and O–H groups in total. The van der Waals surface area contributed by atoms with Crippen molar-refractivity contribution in [3.05, 3.63) is 46.7 Å². The van der Waals surface area contributed by atoms with Crippen LogP contribution < -0.4 is 40.2 Å². The van der Waals surface area contributed by atoms with E-state index < -0.39 is 17.9 Å². The number of piperidine rings is 3. The van der Waals surface area contributed by atoms with Gasteiger partial charge in [0.05, 0.1) is 13.1 Å². The second-order valence-electron chi connectivity index (χ2n) is 9.78. The zero-order valence-corrected chi connectivity index (χ0v) is 23.8. The Morgan fingerprint density at radius 3 is 2.40 bits per heavy atom. The molecule has 0 saturated carbocycles. The predicted octanol–water partition coefficient (Wildman–Crippen LogP) is -2.81. The van der Waals surface area contributed by atoms with Gasteiger partial charge in [0, 0.05) is 19.3 Å². The molecule has 0 spiro atoms. The lowest BCUT2D eigenvalue weighted by Gasteiger charge is -2.51. The fraction of sp³-hybridized carbons (Fsp3) is 0.417. The van der Waals surface area contributed by atoms with E-state index in [1.807, 2.05) is 30.3 Å². The summed E-state index contributed by atoms with van der Waals surface area (Å²) in [4.78, 5) is 49.5. The number of nitrogens with zero attached hydrogens (tertiary/aromatic N) is 4. The summed E-state index contributed by atoms with van der Waals surface area (Å²) in [5.41, 5.74) is 17.9. The quantitative estimate of drug-likeness (QED) is 0.102. The predicted molar refractivity (Wildman–Crippen MR) is 148 cm³/mol. The number of nitrogen functional groups attached to an aromatic ring is 2. The van der Waals surface area contributed by atoms with E-state index >= 15 is 0 Å². The van der Waals surface area contributed by atoms with Crippen molar-refractivity contribution in [2.75, 3.05) is 37.6 Å². The number of amides is 2. The van der Waals surface area contributed by atoms with Gasteiger partial charge in [0.15, 0.2) is 35.0 Å². The van der Waals surface area contributed by atoms with Gasteiger partial charge in [-0.3, -0.25) is 14.9 Å². The Balaban J connectivity index is 0.00000280. The highest BCUT2D eigenvalue weighted by Gasteiger charge is 2.47. The van der Waals surface area contributed by atoms with Crippen LogP contribution in [0.25, 0.3) is 0 Å². The van der Waals surface area contributed by atoms with Crippen LogP contribution in [0, 0.1) is 5.92 Å². The third-order valence-corrected chi connectivity index (χ3v) is 7.41. The molecule has 218 valence electrons. The number of nitrogens with one attached hydrogen (secondary N) is 2. The van der Waals surface area contributed by atoms with Crippen molar-refractivity contribution in [3.63, 3.8) is 0 Å². The second kappa shape index (κ2) is 13.8. The van der Waals surface area contributed by atoms with E-state index in [1.54, 1.807) is 0 Å². The molecule has 3 aliphatic heterocycles. The standard InChI is InChI=1S/C24H30ClN9O4.2ClH/c25-19-21(27)32-20(26)18(31-19)22(36)33-24(28)30-16-11-34(8-6-14(16)7-9-34)12-17(35)29-15(23(37)38)10-13-4-2-1-3-5-13;;/h1-5,14-16H,6-12H2,(H8-,26,27,28,29,30,32,33,35,36,37,38);2*1H/t14?,15-,16-,34?;;/m1../s1. The lowest BCUT2D eigenvalue weighted by molar-refractivity contribution is -0.936. The Bertz CT molecular complexity index is 1260. The van der Waals surface area contributed by atoms with Crippen LogP contribution in [-0.2, 0) is 16.0 Å². The number of nitrogens with two attached hydrogens (primary N) is 3. The molecule has 0 unspecified atom stereocenters. The number of carboxylic acids is 1. The molecule has 4 heterocycles. The molecule has 3 fully saturated rings. The molecule has 16 heteroatoms. The topological polar surface area (TPSA) is 212 Å². The summed E-state index contributed by atoms with van der Waals surface area (Å²) < 4.78 is 0.474. The zero-order chi connectivity index (χ0) is 27.4. The van der Waals surface area contributed by atoms with Gasteiger partial charge in [0.25, 0.3) is 11.8 Å². The molecule has 2 atom stereocenters. The number of aromatic nitrogens is 2. The van der Waals surface area contributed by atoms with E-state index in [4.69, 9.17) is 28.8 Å². The highest BCUT2D eigenvalue weighted by atomic mass is 35.5. The fourth-order valence-corrected chi connectivity index (χ4v) is 5.33. The van der Waals surface area contributed by atoms with Crippen LogP contribution in [0.1, 0.15) is 28.9 Å². The lowest BCUT2D eigenvalue weighted by Crippen LogP contribution is -3.00. The number of fused-ring (bicyclic) bond motifs is 3. The van der Waals surface area contributed by atoms with Gasteiger partial charge >= 0.3 is 5.97 Å². The van der Waals surface area contributed by atoms with Crippen molar-refractivity contribution >= 4 is 59.4 Å². The van der Waals surface area contributed by atoms with Gasteiger partial charge in [-0.05, 0) is 11.5 Å². The van der Waals surface area contributed by atoms with Gasteiger partial charge in [0.1, 0.15) is 18.6 Å². The summed E-state index contributed by atoms with van der Waals surface area (Å²) in [5.74, 6) is -2.27. The average Bonchev–Trinajstić information content (AvgIpc) is 2.86. The van der Waals surface area contributed by atoms with Crippen molar-refractivity contribution in [1.29, 1.82) is 0 Å². The molecule has 5 rings (SSSR count). The summed E-state index contributed by atoms with van der Waals surface area (Å²) in [6.45, 7) is 2.24. The SMILES string of the molecule is Cl.NC(=N[C@@H]1C[N+]2(CC(=O)N[C@H](Cc3ccccc3)C(=O)O)CCC1CC2)NC(=O)c1nc(Cl)c(N)nc1N.[Cl-]. The summed E-state index contributed by atoms with van der Waals surface area (Å²) in [7, 11) is 0. The Morgan fingerprint density at radius 2 is 1.77 bits per heavy atom. The Morgan fingerprint density at radius 1 is 1.12 bits per heavy atom. The molecule has 0 radical (unpaired) electrons. The number of anilines is 2. The highest BCUT2D eigenvalue weighted by molar-refractivity contribution is 6.31. The van der Waals surface area contributed by atoms with Gasteiger partial charge < -0.3 is 44.5 Å². The van der Waals surface area contributed by atoms with Crippen molar-refractivity contribution in [3.8, 4) is 0 Å². The van der Waals surface area contributed by atoms with E-state index in [-0.39, 0.29) is 84.1 Å². The first-order valence-electron chi connectivity index (χ1n) is 12.2. The number of guanidine groups is 1. The minimum Gasteiger partial charge on any atom is -1.00 e. The van der Waals surface area contributed by atoms with Crippen molar-refractivity contribution < 1.29 is 36.4 Å². The third-order valence-electron chi connectivity index (χ3n) is 7.13. The molecule has 3 aliphatic rings. The minimum absolute atomic E-state index is 0.